The zero-order chi connectivity index (χ0) is 8.97. The van der Waals surface area contributed by atoms with E-state index in [1.165, 1.54) is 5.57 Å². The van der Waals surface area contributed by atoms with Crippen LogP contribution in [0.1, 0.15) is 19.4 Å². The summed E-state index contributed by atoms with van der Waals surface area (Å²) in [6.07, 6.45) is 5.40. The van der Waals surface area contributed by atoms with Crippen molar-refractivity contribution in [3.8, 4) is 0 Å². The number of aromatic nitrogens is 2. The molecule has 1 rings (SSSR count). The first kappa shape index (κ1) is 8.59. The fourth-order valence-electron chi connectivity index (χ4n) is 0.782. The summed E-state index contributed by atoms with van der Waals surface area (Å²) < 4.78 is 0. The van der Waals surface area contributed by atoms with Crippen LogP contribution in [0.15, 0.2) is 24.5 Å². The highest BCUT2D eigenvalue weighted by Gasteiger charge is 1.96. The lowest BCUT2D eigenvalue weighted by atomic mass is 10.3. The predicted molar refractivity (Wildman–Crippen MR) is 51.7 cm³/mol. The van der Waals surface area contributed by atoms with Crippen molar-refractivity contribution < 1.29 is 0 Å². The molecule has 0 fully saturated rings. The number of aromatic amines is 1. The Morgan fingerprint density at radius 2 is 2.42 bits per heavy atom. The van der Waals surface area contributed by atoms with Gasteiger partial charge in [-0.25, -0.2) is 0 Å². The molecule has 0 saturated heterocycles. The second-order valence-corrected chi connectivity index (χ2v) is 2.77. The molecule has 0 saturated carbocycles. The molecule has 0 aliphatic carbocycles. The molecule has 0 amide bonds. The highest BCUT2D eigenvalue weighted by Crippen LogP contribution is 2.11. The van der Waals surface area contributed by atoms with E-state index in [4.69, 9.17) is 0 Å². The van der Waals surface area contributed by atoms with Crippen molar-refractivity contribution >= 4 is 11.9 Å². The monoisotopic (exact) mass is 163 g/mol. The van der Waals surface area contributed by atoms with Gasteiger partial charge in [0.25, 0.3) is 0 Å². The van der Waals surface area contributed by atoms with Gasteiger partial charge in [-0.3, -0.25) is 5.10 Å². The minimum Gasteiger partial charge on any atom is -0.347 e. The van der Waals surface area contributed by atoms with Gasteiger partial charge in [0, 0.05) is 11.8 Å². The molecule has 0 atom stereocenters. The second kappa shape index (κ2) is 3.76. The maximum Gasteiger partial charge on any atom is 0.132 e. The van der Waals surface area contributed by atoms with Gasteiger partial charge in [0.1, 0.15) is 5.82 Å². The summed E-state index contributed by atoms with van der Waals surface area (Å²) in [5, 5.41) is 9.81. The summed E-state index contributed by atoms with van der Waals surface area (Å²) in [5.74, 6) is 0.881. The van der Waals surface area contributed by atoms with Gasteiger partial charge in [0.15, 0.2) is 0 Å². The number of nitrogens with one attached hydrogen (secondary N) is 2. The van der Waals surface area contributed by atoms with E-state index in [1.54, 1.807) is 12.3 Å². The van der Waals surface area contributed by atoms with Crippen molar-refractivity contribution in [2.75, 3.05) is 5.32 Å². The number of hydrogen-bond donors (Lipinski definition) is 2. The maximum absolute atomic E-state index is 3.88. The Labute approximate surface area is 72.2 Å². The van der Waals surface area contributed by atoms with E-state index in [2.05, 4.69) is 22.1 Å². The molecule has 0 aromatic carbocycles. The zero-order valence-corrected chi connectivity index (χ0v) is 7.39. The van der Waals surface area contributed by atoms with Gasteiger partial charge in [-0.1, -0.05) is 18.2 Å². The highest BCUT2D eigenvalue weighted by molar-refractivity contribution is 5.61. The van der Waals surface area contributed by atoms with Crippen LogP contribution in [0.5, 0.6) is 0 Å². The van der Waals surface area contributed by atoms with Crippen molar-refractivity contribution in [3.63, 3.8) is 0 Å². The van der Waals surface area contributed by atoms with E-state index in [9.17, 15) is 0 Å². The second-order valence-electron chi connectivity index (χ2n) is 2.77. The van der Waals surface area contributed by atoms with Crippen molar-refractivity contribution in [2.24, 2.45) is 0 Å². The van der Waals surface area contributed by atoms with Gasteiger partial charge in [-0.2, -0.15) is 5.10 Å². The van der Waals surface area contributed by atoms with E-state index in [1.807, 2.05) is 20.0 Å². The van der Waals surface area contributed by atoms with Crippen LogP contribution in [0.2, 0.25) is 0 Å². The number of allylic oxidation sites excluding steroid dienone is 1. The van der Waals surface area contributed by atoms with Gasteiger partial charge in [0.2, 0.25) is 0 Å². The zero-order valence-electron chi connectivity index (χ0n) is 7.39. The fraction of sp³-hybridized carbons (Fsp3) is 0.222. The summed E-state index contributed by atoms with van der Waals surface area (Å²) in [5.41, 5.74) is 2.19. The Hall–Kier alpha value is -1.51. The Bertz CT molecular complexity index is 292. The highest BCUT2D eigenvalue weighted by atomic mass is 15.2. The number of hydrogen-bond acceptors (Lipinski definition) is 2. The normalized spacial score (nSPS) is 9.17. The van der Waals surface area contributed by atoms with Gasteiger partial charge >= 0.3 is 0 Å². The number of rotatable bonds is 3. The average Bonchev–Trinajstić information content (AvgIpc) is 2.47. The first-order chi connectivity index (χ1) is 5.74. The fourth-order valence-corrected chi connectivity index (χ4v) is 0.782. The van der Waals surface area contributed by atoms with E-state index in [0.717, 1.165) is 11.4 Å². The smallest absolute Gasteiger partial charge is 0.132 e. The molecule has 0 aliphatic heterocycles. The third-order valence-electron chi connectivity index (χ3n) is 1.39. The largest absolute Gasteiger partial charge is 0.347 e. The number of anilines is 1. The SMILES string of the molecule is C=Cc1cn[nH]c1NC=C(C)C. The van der Waals surface area contributed by atoms with Gasteiger partial charge in [-0.15, -0.1) is 0 Å². The first-order valence-corrected chi connectivity index (χ1v) is 3.79. The standard InChI is InChI=1S/C9H13N3/c1-4-8-6-11-12-9(8)10-5-7(2)3/h4-6H,1H2,2-3H3,(H2,10,11,12). The lowest BCUT2D eigenvalue weighted by Gasteiger charge is -1.98. The molecule has 0 unspecified atom stereocenters. The van der Waals surface area contributed by atoms with E-state index in [-0.39, 0.29) is 0 Å². The molecule has 3 nitrogen and oxygen atoms in total. The Kier molecular flexibility index (Phi) is 2.69. The van der Waals surface area contributed by atoms with E-state index >= 15 is 0 Å². The topological polar surface area (TPSA) is 40.7 Å². The molecule has 1 aromatic heterocycles. The molecular formula is C9H13N3. The summed E-state index contributed by atoms with van der Waals surface area (Å²) in [6, 6.07) is 0. The molecule has 3 heteroatoms. The van der Waals surface area contributed by atoms with Crippen molar-refractivity contribution in [2.45, 2.75) is 13.8 Å². The minimum atomic E-state index is 0.881. The molecule has 64 valence electrons. The molecule has 12 heavy (non-hydrogen) atoms. The maximum atomic E-state index is 3.88. The summed E-state index contributed by atoms with van der Waals surface area (Å²) >= 11 is 0. The third kappa shape index (κ3) is 1.99. The quantitative estimate of drug-likeness (QED) is 0.718. The van der Waals surface area contributed by atoms with Crippen molar-refractivity contribution in [1.29, 1.82) is 0 Å². The minimum absolute atomic E-state index is 0.881. The predicted octanol–water partition coefficient (Wildman–Crippen LogP) is 2.39. The first-order valence-electron chi connectivity index (χ1n) is 3.79. The van der Waals surface area contributed by atoms with Crippen LogP contribution in [-0.4, -0.2) is 10.2 Å². The molecule has 0 spiro atoms. The van der Waals surface area contributed by atoms with E-state index in [0.29, 0.717) is 0 Å². The molecule has 0 bridgehead atoms. The third-order valence-corrected chi connectivity index (χ3v) is 1.39. The van der Waals surface area contributed by atoms with Crippen molar-refractivity contribution in [3.05, 3.63) is 30.1 Å². The van der Waals surface area contributed by atoms with E-state index < -0.39 is 0 Å². The summed E-state index contributed by atoms with van der Waals surface area (Å²) in [6.45, 7) is 7.72. The number of H-pyrrole nitrogens is 1. The van der Waals surface area contributed by atoms with Crippen LogP contribution >= 0.6 is 0 Å². The van der Waals surface area contributed by atoms with Crippen LogP contribution in [0.25, 0.3) is 6.08 Å². The summed E-state index contributed by atoms with van der Waals surface area (Å²) in [7, 11) is 0. The Balaban J connectivity index is 2.75. The summed E-state index contributed by atoms with van der Waals surface area (Å²) in [4.78, 5) is 0. The average molecular weight is 163 g/mol. The number of nitrogens with zero attached hydrogens (tertiary/aromatic N) is 1. The van der Waals surface area contributed by atoms with Gasteiger partial charge < -0.3 is 5.32 Å². The van der Waals surface area contributed by atoms with Crippen LogP contribution in [0.4, 0.5) is 5.82 Å². The Morgan fingerprint density at radius 1 is 1.67 bits per heavy atom. The van der Waals surface area contributed by atoms with Crippen LogP contribution in [-0.2, 0) is 0 Å². The molecule has 2 N–H and O–H groups in total. The molecular weight excluding hydrogens is 150 g/mol. The van der Waals surface area contributed by atoms with Gasteiger partial charge in [-0.05, 0) is 13.8 Å². The van der Waals surface area contributed by atoms with Crippen LogP contribution < -0.4 is 5.32 Å². The molecule has 0 aliphatic rings. The lowest BCUT2D eigenvalue weighted by molar-refractivity contribution is 1.09. The van der Waals surface area contributed by atoms with Crippen LogP contribution in [0, 0.1) is 0 Å². The molecule has 0 radical (unpaired) electrons. The van der Waals surface area contributed by atoms with Gasteiger partial charge in [0.05, 0.1) is 6.20 Å². The van der Waals surface area contributed by atoms with Crippen molar-refractivity contribution in [1.82, 2.24) is 10.2 Å². The molecule has 1 heterocycles. The molecule has 1 aromatic rings. The Morgan fingerprint density at radius 3 is 3.00 bits per heavy atom. The lowest BCUT2D eigenvalue weighted by Crippen LogP contribution is -1.90. The van der Waals surface area contributed by atoms with Crippen LogP contribution in [0.3, 0.4) is 0 Å².